The summed E-state index contributed by atoms with van der Waals surface area (Å²) >= 11 is 0. The van der Waals surface area contributed by atoms with Crippen molar-refractivity contribution >= 4 is 15.9 Å². The van der Waals surface area contributed by atoms with Gasteiger partial charge < -0.3 is 10.6 Å². The molecule has 0 aromatic heterocycles. The van der Waals surface area contributed by atoms with Gasteiger partial charge >= 0.3 is 0 Å². The van der Waals surface area contributed by atoms with Crippen LogP contribution in [-0.2, 0) is 14.8 Å². The fraction of sp³-hybridized carbons (Fsp3) is 0.929. The third kappa shape index (κ3) is 9.82. The van der Waals surface area contributed by atoms with Crippen LogP contribution in [0.3, 0.4) is 0 Å². The SMILES string of the molecule is CCN(CCCNC(C)C(=O)NCCC(C)C)S(C)(=O)=O. The standard InChI is InChI=1S/C14H31N3O3S/c1-6-17(21(5,19)20)11-7-9-15-13(4)14(18)16-10-8-12(2)3/h12-13,15H,6-11H2,1-5H3,(H,16,18). The third-order valence-corrected chi connectivity index (χ3v) is 4.65. The largest absolute Gasteiger partial charge is 0.355 e. The van der Waals surface area contributed by atoms with E-state index in [1.54, 1.807) is 0 Å². The summed E-state index contributed by atoms with van der Waals surface area (Å²) in [6.45, 7) is 10.1. The van der Waals surface area contributed by atoms with Crippen molar-refractivity contribution in [2.75, 3.05) is 32.4 Å². The fourth-order valence-corrected chi connectivity index (χ4v) is 2.79. The Balaban J connectivity index is 3.88. The monoisotopic (exact) mass is 321 g/mol. The molecular weight excluding hydrogens is 290 g/mol. The molecule has 0 spiro atoms. The summed E-state index contributed by atoms with van der Waals surface area (Å²) in [4.78, 5) is 11.8. The van der Waals surface area contributed by atoms with Crippen LogP contribution < -0.4 is 10.6 Å². The molecule has 0 saturated heterocycles. The average molecular weight is 321 g/mol. The minimum Gasteiger partial charge on any atom is -0.355 e. The summed E-state index contributed by atoms with van der Waals surface area (Å²) in [5.41, 5.74) is 0. The van der Waals surface area contributed by atoms with Crippen molar-refractivity contribution in [3.8, 4) is 0 Å². The molecule has 0 rings (SSSR count). The first-order valence-corrected chi connectivity index (χ1v) is 9.49. The highest BCUT2D eigenvalue weighted by Crippen LogP contribution is 1.99. The van der Waals surface area contributed by atoms with Crippen LogP contribution in [0.4, 0.5) is 0 Å². The Kier molecular flexibility index (Phi) is 9.81. The van der Waals surface area contributed by atoms with Gasteiger partial charge in [0.15, 0.2) is 0 Å². The van der Waals surface area contributed by atoms with E-state index in [0.29, 0.717) is 38.5 Å². The van der Waals surface area contributed by atoms with Gasteiger partial charge in [0.1, 0.15) is 0 Å². The zero-order valence-electron chi connectivity index (χ0n) is 14.0. The van der Waals surface area contributed by atoms with E-state index in [0.717, 1.165) is 6.42 Å². The van der Waals surface area contributed by atoms with Gasteiger partial charge in [-0.1, -0.05) is 20.8 Å². The van der Waals surface area contributed by atoms with E-state index in [2.05, 4.69) is 24.5 Å². The molecule has 7 heteroatoms. The lowest BCUT2D eigenvalue weighted by molar-refractivity contribution is -0.122. The molecule has 1 unspecified atom stereocenters. The van der Waals surface area contributed by atoms with Crippen LogP contribution in [-0.4, -0.2) is 57.1 Å². The molecule has 0 bridgehead atoms. The van der Waals surface area contributed by atoms with Gasteiger partial charge in [-0.2, -0.15) is 0 Å². The highest BCUT2D eigenvalue weighted by Gasteiger charge is 2.14. The highest BCUT2D eigenvalue weighted by molar-refractivity contribution is 7.88. The van der Waals surface area contributed by atoms with Gasteiger partial charge in [0.05, 0.1) is 12.3 Å². The Hall–Kier alpha value is -0.660. The topological polar surface area (TPSA) is 78.5 Å². The lowest BCUT2D eigenvalue weighted by atomic mass is 10.1. The number of carbonyl (C=O) groups is 1. The second-order valence-corrected chi connectivity index (χ2v) is 7.74. The normalized spacial score (nSPS) is 13.7. The van der Waals surface area contributed by atoms with Crippen molar-refractivity contribution in [3.63, 3.8) is 0 Å². The van der Waals surface area contributed by atoms with Crippen molar-refractivity contribution < 1.29 is 13.2 Å². The molecule has 0 heterocycles. The van der Waals surface area contributed by atoms with Gasteiger partial charge in [-0.05, 0) is 32.2 Å². The Bertz CT molecular complexity index is 396. The van der Waals surface area contributed by atoms with Gasteiger partial charge in [-0.3, -0.25) is 4.79 Å². The van der Waals surface area contributed by atoms with Crippen molar-refractivity contribution in [1.29, 1.82) is 0 Å². The predicted octanol–water partition coefficient (Wildman–Crippen LogP) is 0.798. The molecule has 126 valence electrons. The minimum absolute atomic E-state index is 0.00823. The van der Waals surface area contributed by atoms with E-state index in [4.69, 9.17) is 0 Å². The van der Waals surface area contributed by atoms with Crippen LogP contribution in [0.15, 0.2) is 0 Å². The summed E-state index contributed by atoms with van der Waals surface area (Å²) in [5.74, 6) is 0.565. The highest BCUT2D eigenvalue weighted by atomic mass is 32.2. The molecule has 0 radical (unpaired) electrons. The van der Waals surface area contributed by atoms with Crippen molar-refractivity contribution in [2.24, 2.45) is 5.92 Å². The Morgan fingerprint density at radius 2 is 1.81 bits per heavy atom. The van der Waals surface area contributed by atoms with E-state index >= 15 is 0 Å². The van der Waals surface area contributed by atoms with Crippen LogP contribution in [0.2, 0.25) is 0 Å². The molecular formula is C14H31N3O3S. The van der Waals surface area contributed by atoms with Gasteiger partial charge in [-0.25, -0.2) is 12.7 Å². The number of nitrogens with one attached hydrogen (secondary N) is 2. The summed E-state index contributed by atoms with van der Waals surface area (Å²) in [6.07, 6.45) is 2.87. The van der Waals surface area contributed by atoms with Gasteiger partial charge in [0, 0.05) is 19.6 Å². The number of nitrogens with zero attached hydrogens (tertiary/aromatic N) is 1. The Morgan fingerprint density at radius 1 is 1.19 bits per heavy atom. The maximum absolute atomic E-state index is 11.8. The number of carbonyl (C=O) groups excluding carboxylic acids is 1. The number of hydrogen-bond donors (Lipinski definition) is 2. The minimum atomic E-state index is -3.13. The number of amides is 1. The smallest absolute Gasteiger partial charge is 0.236 e. The van der Waals surface area contributed by atoms with Gasteiger partial charge in [-0.15, -0.1) is 0 Å². The van der Waals surface area contributed by atoms with E-state index in [-0.39, 0.29) is 11.9 Å². The molecule has 1 amide bonds. The number of hydrogen-bond acceptors (Lipinski definition) is 4. The first kappa shape index (κ1) is 20.3. The Labute approximate surface area is 129 Å². The summed E-state index contributed by atoms with van der Waals surface area (Å²) in [7, 11) is -3.13. The quantitative estimate of drug-likeness (QED) is 0.552. The molecule has 1 atom stereocenters. The molecule has 0 aliphatic rings. The van der Waals surface area contributed by atoms with E-state index < -0.39 is 10.0 Å². The molecule has 21 heavy (non-hydrogen) atoms. The lowest BCUT2D eigenvalue weighted by Gasteiger charge is -2.19. The number of rotatable bonds is 11. The molecule has 6 nitrogen and oxygen atoms in total. The molecule has 0 aromatic rings. The van der Waals surface area contributed by atoms with E-state index in [1.807, 2.05) is 13.8 Å². The second kappa shape index (κ2) is 10.1. The summed E-state index contributed by atoms with van der Waals surface area (Å²) < 4.78 is 24.3. The van der Waals surface area contributed by atoms with Crippen LogP contribution in [0.5, 0.6) is 0 Å². The zero-order chi connectivity index (χ0) is 16.5. The average Bonchev–Trinajstić information content (AvgIpc) is 2.36. The lowest BCUT2D eigenvalue weighted by Crippen LogP contribution is -2.43. The van der Waals surface area contributed by atoms with Crippen molar-refractivity contribution in [1.82, 2.24) is 14.9 Å². The van der Waals surface area contributed by atoms with Crippen LogP contribution in [0.25, 0.3) is 0 Å². The molecule has 0 aromatic carbocycles. The third-order valence-electron chi connectivity index (χ3n) is 3.27. The van der Waals surface area contributed by atoms with Crippen LogP contribution >= 0.6 is 0 Å². The number of sulfonamides is 1. The van der Waals surface area contributed by atoms with E-state index in [1.165, 1.54) is 10.6 Å². The molecule has 0 fully saturated rings. The molecule has 0 aliphatic carbocycles. The summed E-state index contributed by atoms with van der Waals surface area (Å²) in [5, 5.41) is 6.01. The molecule has 0 aliphatic heterocycles. The second-order valence-electron chi connectivity index (χ2n) is 5.76. The fourth-order valence-electron chi connectivity index (χ4n) is 1.86. The van der Waals surface area contributed by atoms with E-state index in [9.17, 15) is 13.2 Å². The first-order chi connectivity index (χ1) is 9.68. The predicted molar refractivity (Wildman–Crippen MR) is 86.6 cm³/mol. The molecule has 0 saturated carbocycles. The van der Waals surface area contributed by atoms with Crippen molar-refractivity contribution in [2.45, 2.75) is 46.6 Å². The zero-order valence-corrected chi connectivity index (χ0v) is 14.8. The van der Waals surface area contributed by atoms with Gasteiger partial charge in [0.25, 0.3) is 0 Å². The Morgan fingerprint density at radius 3 is 2.29 bits per heavy atom. The first-order valence-electron chi connectivity index (χ1n) is 7.64. The van der Waals surface area contributed by atoms with Crippen LogP contribution in [0.1, 0.15) is 40.5 Å². The maximum Gasteiger partial charge on any atom is 0.236 e. The van der Waals surface area contributed by atoms with Gasteiger partial charge in [0.2, 0.25) is 15.9 Å². The summed E-state index contributed by atoms with van der Waals surface area (Å²) in [6, 6.07) is -0.259. The molecule has 2 N–H and O–H groups in total. The maximum atomic E-state index is 11.8. The van der Waals surface area contributed by atoms with Crippen LogP contribution in [0, 0.1) is 5.92 Å². The van der Waals surface area contributed by atoms with Crippen molar-refractivity contribution in [3.05, 3.63) is 0 Å².